The number of aryl methyl sites for hydroxylation is 1. The molecule has 1 saturated heterocycles. The minimum atomic E-state index is -0.588. The van der Waals surface area contributed by atoms with Gasteiger partial charge in [0.2, 0.25) is 5.91 Å². The molecule has 5 rings (SSSR count). The molecule has 160 valence electrons. The molecule has 10 heteroatoms. The highest BCUT2D eigenvalue weighted by atomic mass is 35.5. The van der Waals surface area contributed by atoms with E-state index in [0.29, 0.717) is 19.5 Å². The number of carbonyl (C=O) groups is 2. The quantitative estimate of drug-likeness (QED) is 0.689. The molecular formula is C20H25ClN6O3. The zero-order chi connectivity index (χ0) is 20.3. The van der Waals surface area contributed by atoms with Crippen LogP contribution in [0, 0.1) is 5.92 Å². The van der Waals surface area contributed by atoms with Crippen molar-refractivity contribution in [2.24, 2.45) is 18.7 Å². The Labute approximate surface area is 179 Å². The average molecular weight is 433 g/mol. The van der Waals surface area contributed by atoms with Crippen molar-refractivity contribution in [1.82, 2.24) is 24.6 Å². The van der Waals surface area contributed by atoms with E-state index in [1.54, 1.807) is 27.3 Å². The van der Waals surface area contributed by atoms with Crippen molar-refractivity contribution in [2.45, 2.75) is 31.3 Å². The van der Waals surface area contributed by atoms with Crippen LogP contribution < -0.4 is 16.6 Å². The predicted molar refractivity (Wildman–Crippen MR) is 112 cm³/mol. The first-order valence-corrected chi connectivity index (χ1v) is 10.0. The Kier molecular flexibility index (Phi) is 5.19. The number of hydrogen-bond donors (Lipinski definition) is 2. The summed E-state index contributed by atoms with van der Waals surface area (Å²) < 4.78 is 3.38. The molecule has 0 aliphatic carbocycles. The summed E-state index contributed by atoms with van der Waals surface area (Å²) >= 11 is 0. The zero-order valence-electron chi connectivity index (χ0n) is 16.7. The fourth-order valence-electron chi connectivity index (χ4n) is 5.28. The summed E-state index contributed by atoms with van der Waals surface area (Å²) in [6.07, 6.45) is 1.50. The van der Waals surface area contributed by atoms with Crippen LogP contribution in [0.2, 0.25) is 0 Å². The van der Waals surface area contributed by atoms with Crippen LogP contribution >= 0.6 is 12.4 Å². The van der Waals surface area contributed by atoms with Gasteiger partial charge in [-0.25, -0.2) is 0 Å². The summed E-state index contributed by atoms with van der Waals surface area (Å²) in [7, 11) is 1.79. The van der Waals surface area contributed by atoms with Crippen LogP contribution in [0.5, 0.6) is 0 Å². The van der Waals surface area contributed by atoms with Gasteiger partial charge in [0.05, 0.1) is 0 Å². The van der Waals surface area contributed by atoms with E-state index < -0.39 is 11.9 Å². The number of pyridine rings is 1. The van der Waals surface area contributed by atoms with Gasteiger partial charge in [0.1, 0.15) is 6.04 Å². The molecule has 0 unspecified atom stereocenters. The number of primary amides is 1. The number of nitrogens with zero attached hydrogens (tertiary/aromatic N) is 4. The molecule has 3 N–H and O–H groups in total. The standard InChI is InChI=1S/C20H24N6O3.ClH/c1-24-15-5-6-25(10-13(15)17(23-24)19(21)28)20(29)18-12-7-11(8-22-9-12)14-3-2-4-16(27)26(14)18;/h2-4,11-12,18,22H,5-10H2,1H3,(H2,21,28);1H/t11-,12+,18-;/m1./s1. The normalized spacial score (nSPS) is 24.4. The summed E-state index contributed by atoms with van der Waals surface area (Å²) in [6.45, 7) is 2.36. The van der Waals surface area contributed by atoms with Gasteiger partial charge in [0.15, 0.2) is 5.69 Å². The molecular weight excluding hydrogens is 408 g/mol. The van der Waals surface area contributed by atoms with Gasteiger partial charge in [-0.1, -0.05) is 6.07 Å². The maximum Gasteiger partial charge on any atom is 0.269 e. The largest absolute Gasteiger partial charge is 0.364 e. The number of hydrogen-bond acceptors (Lipinski definition) is 5. The second-order valence-corrected chi connectivity index (χ2v) is 8.23. The van der Waals surface area contributed by atoms with Crippen LogP contribution in [0.4, 0.5) is 0 Å². The summed E-state index contributed by atoms with van der Waals surface area (Å²) in [5.74, 6) is -0.342. The third-order valence-electron chi connectivity index (χ3n) is 6.59. The summed E-state index contributed by atoms with van der Waals surface area (Å²) in [5, 5.41) is 7.65. The Morgan fingerprint density at radius 3 is 2.83 bits per heavy atom. The van der Waals surface area contributed by atoms with E-state index in [1.165, 1.54) is 6.07 Å². The highest BCUT2D eigenvalue weighted by Crippen LogP contribution is 2.39. The van der Waals surface area contributed by atoms with Crippen LogP contribution in [0.3, 0.4) is 0 Å². The zero-order valence-corrected chi connectivity index (χ0v) is 17.5. The molecule has 30 heavy (non-hydrogen) atoms. The first-order valence-electron chi connectivity index (χ1n) is 10.0. The highest BCUT2D eigenvalue weighted by molar-refractivity contribution is 5.93. The van der Waals surface area contributed by atoms with Crippen LogP contribution in [0.25, 0.3) is 0 Å². The fraction of sp³-hybridized carbons (Fsp3) is 0.500. The van der Waals surface area contributed by atoms with Crippen molar-refractivity contribution in [3.8, 4) is 0 Å². The van der Waals surface area contributed by atoms with Crippen LogP contribution in [0.15, 0.2) is 23.0 Å². The number of carbonyl (C=O) groups excluding carboxylic acids is 2. The SMILES string of the molecule is Cl.Cn1nc(C(N)=O)c2c1CCN(C(=O)[C@H]1[C@@H]3CNC[C@@H](C3)c3cccc(=O)n31)C2. The lowest BCUT2D eigenvalue weighted by Crippen LogP contribution is -2.53. The lowest BCUT2D eigenvalue weighted by atomic mass is 9.78. The summed E-state index contributed by atoms with van der Waals surface area (Å²) in [6, 6.07) is 4.72. The van der Waals surface area contributed by atoms with Crippen molar-refractivity contribution >= 4 is 24.2 Å². The summed E-state index contributed by atoms with van der Waals surface area (Å²) in [5.41, 5.74) is 8.16. The predicted octanol–water partition coefficient (Wildman–Crippen LogP) is -0.0648. The van der Waals surface area contributed by atoms with E-state index in [1.807, 2.05) is 6.07 Å². The van der Waals surface area contributed by atoms with E-state index in [2.05, 4.69) is 10.4 Å². The number of rotatable bonds is 2. The summed E-state index contributed by atoms with van der Waals surface area (Å²) in [4.78, 5) is 39.9. The number of nitrogens with two attached hydrogens (primary N) is 1. The number of halogens is 1. The Morgan fingerprint density at radius 1 is 1.27 bits per heavy atom. The molecule has 2 aromatic rings. The van der Waals surface area contributed by atoms with Crippen molar-refractivity contribution in [1.29, 1.82) is 0 Å². The number of fused-ring (bicyclic) bond motifs is 5. The molecule has 1 fully saturated rings. The van der Waals surface area contributed by atoms with Gasteiger partial charge < -0.3 is 16.0 Å². The molecule has 5 heterocycles. The molecule has 0 spiro atoms. The number of amides is 2. The van der Waals surface area contributed by atoms with E-state index in [0.717, 1.165) is 29.9 Å². The lowest BCUT2D eigenvalue weighted by Gasteiger charge is -2.44. The van der Waals surface area contributed by atoms with Crippen molar-refractivity contribution in [3.05, 3.63) is 51.2 Å². The second kappa shape index (κ2) is 7.55. The smallest absolute Gasteiger partial charge is 0.269 e. The third-order valence-corrected chi connectivity index (χ3v) is 6.59. The van der Waals surface area contributed by atoms with E-state index >= 15 is 0 Å². The van der Waals surface area contributed by atoms with Crippen LogP contribution in [-0.4, -0.2) is 50.7 Å². The van der Waals surface area contributed by atoms with Crippen LogP contribution in [0.1, 0.15) is 45.8 Å². The Morgan fingerprint density at radius 2 is 2.07 bits per heavy atom. The molecule has 0 saturated carbocycles. The number of piperidine rings is 1. The Bertz CT molecular complexity index is 1080. The Hall–Kier alpha value is -2.65. The molecule has 0 aromatic carbocycles. The van der Waals surface area contributed by atoms with Gasteiger partial charge in [-0.3, -0.25) is 23.6 Å². The van der Waals surface area contributed by atoms with E-state index in [4.69, 9.17) is 5.73 Å². The van der Waals surface area contributed by atoms with Crippen LogP contribution in [-0.2, 0) is 24.8 Å². The first-order chi connectivity index (χ1) is 14.0. The van der Waals surface area contributed by atoms with Gasteiger partial charge in [-0.2, -0.15) is 5.10 Å². The molecule has 3 aliphatic rings. The van der Waals surface area contributed by atoms with Crippen molar-refractivity contribution in [2.75, 3.05) is 19.6 Å². The average Bonchev–Trinajstić information content (AvgIpc) is 3.05. The number of nitrogens with one attached hydrogen (secondary N) is 1. The lowest BCUT2D eigenvalue weighted by molar-refractivity contribution is -0.138. The van der Waals surface area contributed by atoms with Crippen molar-refractivity contribution < 1.29 is 9.59 Å². The number of aromatic nitrogens is 3. The maximum absolute atomic E-state index is 13.7. The van der Waals surface area contributed by atoms with Gasteiger partial charge >= 0.3 is 0 Å². The van der Waals surface area contributed by atoms with E-state index in [9.17, 15) is 14.4 Å². The fourth-order valence-corrected chi connectivity index (χ4v) is 5.28. The highest BCUT2D eigenvalue weighted by Gasteiger charge is 2.43. The van der Waals surface area contributed by atoms with Gasteiger partial charge in [0.25, 0.3) is 11.5 Å². The monoisotopic (exact) mass is 432 g/mol. The van der Waals surface area contributed by atoms with Gasteiger partial charge in [0, 0.05) is 74.5 Å². The minimum Gasteiger partial charge on any atom is -0.364 e. The minimum absolute atomic E-state index is 0. The Balaban J connectivity index is 0.00000218. The molecule has 2 amide bonds. The topological polar surface area (TPSA) is 115 Å². The third kappa shape index (κ3) is 3.04. The molecule has 0 radical (unpaired) electrons. The van der Waals surface area contributed by atoms with Gasteiger partial charge in [-0.05, 0) is 12.5 Å². The molecule has 9 nitrogen and oxygen atoms in total. The molecule has 3 atom stereocenters. The van der Waals surface area contributed by atoms with Crippen molar-refractivity contribution in [3.63, 3.8) is 0 Å². The van der Waals surface area contributed by atoms with Gasteiger partial charge in [-0.15, -0.1) is 12.4 Å². The first kappa shape index (κ1) is 20.6. The maximum atomic E-state index is 13.7. The molecule has 3 aliphatic heterocycles. The second-order valence-electron chi connectivity index (χ2n) is 8.23. The van der Waals surface area contributed by atoms with E-state index in [-0.39, 0.29) is 47.9 Å². The molecule has 2 bridgehead atoms. The molecule has 2 aromatic heterocycles.